The lowest BCUT2D eigenvalue weighted by atomic mass is 9.98. The molecule has 2 rings (SSSR count). The summed E-state index contributed by atoms with van der Waals surface area (Å²) < 4.78 is 10.9. The monoisotopic (exact) mass is 422 g/mol. The highest BCUT2D eigenvalue weighted by molar-refractivity contribution is 5.81. The van der Waals surface area contributed by atoms with E-state index in [1.54, 1.807) is 39.0 Å². The predicted octanol–water partition coefficient (Wildman–Crippen LogP) is 3.26. The summed E-state index contributed by atoms with van der Waals surface area (Å²) in [6.45, 7) is 11.2. The number of hydrogen-bond acceptors (Lipinski definition) is 5. The van der Waals surface area contributed by atoms with Crippen LogP contribution >= 0.6 is 0 Å². The summed E-state index contributed by atoms with van der Waals surface area (Å²) in [5.74, 6) is 1.11. The molecule has 2 N–H and O–H groups in total. The van der Waals surface area contributed by atoms with Crippen molar-refractivity contribution in [3.63, 3.8) is 0 Å². The summed E-state index contributed by atoms with van der Waals surface area (Å²) in [7, 11) is 3.10. The van der Waals surface area contributed by atoms with Gasteiger partial charge in [-0.3, -0.25) is 10.1 Å². The second kappa shape index (κ2) is 8.99. The molecule has 9 nitrogen and oxygen atoms in total. The smallest absolute Gasteiger partial charge is 0.343 e. The number of rotatable bonds is 7. The summed E-state index contributed by atoms with van der Waals surface area (Å²) in [4.78, 5) is 29.1. The molecule has 0 bridgehead atoms. The van der Waals surface area contributed by atoms with Crippen molar-refractivity contribution >= 4 is 12.1 Å². The molecule has 9 heteroatoms. The van der Waals surface area contributed by atoms with Crippen LogP contribution < -0.4 is 14.8 Å². The van der Waals surface area contributed by atoms with Crippen molar-refractivity contribution in [3.8, 4) is 11.5 Å². The molecule has 1 aromatic carbocycles. The van der Waals surface area contributed by atoms with E-state index in [0.29, 0.717) is 16.6 Å². The number of urea groups is 2. The highest BCUT2D eigenvalue weighted by atomic mass is 16.5. The van der Waals surface area contributed by atoms with E-state index in [-0.39, 0.29) is 24.7 Å². The molecule has 1 aromatic rings. The summed E-state index contributed by atoms with van der Waals surface area (Å²) in [5.41, 5.74) is -0.128. The zero-order valence-electron chi connectivity index (χ0n) is 19.1. The Morgan fingerprint density at radius 1 is 1.23 bits per heavy atom. The molecule has 0 unspecified atom stereocenters. The highest BCUT2D eigenvalue weighted by Crippen LogP contribution is 2.39. The van der Waals surface area contributed by atoms with E-state index in [2.05, 4.69) is 5.32 Å². The summed E-state index contributed by atoms with van der Waals surface area (Å²) in [5, 5.41) is 14.1. The van der Waals surface area contributed by atoms with E-state index < -0.39 is 17.7 Å². The van der Waals surface area contributed by atoms with Gasteiger partial charge in [0, 0.05) is 17.6 Å². The van der Waals surface area contributed by atoms with Gasteiger partial charge >= 0.3 is 12.1 Å². The van der Waals surface area contributed by atoms with Crippen molar-refractivity contribution in [1.29, 1.82) is 0 Å². The Morgan fingerprint density at radius 3 is 2.37 bits per heavy atom. The van der Waals surface area contributed by atoms with Crippen LogP contribution in [0, 0.1) is 0 Å². The van der Waals surface area contributed by atoms with E-state index in [0.717, 1.165) is 5.56 Å². The zero-order valence-corrected chi connectivity index (χ0v) is 19.1. The van der Waals surface area contributed by atoms with Crippen molar-refractivity contribution in [2.45, 2.75) is 71.9 Å². The van der Waals surface area contributed by atoms with Gasteiger partial charge in [-0.1, -0.05) is 12.1 Å². The highest BCUT2D eigenvalue weighted by Gasteiger charge is 2.56. The first kappa shape index (κ1) is 23.6. The molecule has 1 aliphatic rings. The molecule has 0 radical (unpaired) electrons. The lowest BCUT2D eigenvalue weighted by molar-refractivity contribution is -0.138. The maximum Gasteiger partial charge on any atom is 0.343 e. The lowest BCUT2D eigenvalue weighted by Gasteiger charge is -2.39. The SMILES string of the molecule is COc1cccc(CN2C(=O)N(C(C)C)[C@H](N(O)C(=O)NC(C)C)C2(C)C)c1OC. The summed E-state index contributed by atoms with van der Waals surface area (Å²) in [6.07, 6.45) is -0.875. The van der Waals surface area contributed by atoms with E-state index >= 15 is 0 Å². The number of hydrogen-bond donors (Lipinski definition) is 2. The van der Waals surface area contributed by atoms with E-state index in [9.17, 15) is 14.8 Å². The molecule has 0 aliphatic carbocycles. The van der Waals surface area contributed by atoms with Crippen molar-refractivity contribution in [3.05, 3.63) is 23.8 Å². The maximum atomic E-state index is 13.4. The molecular weight excluding hydrogens is 388 g/mol. The number of amides is 4. The molecule has 30 heavy (non-hydrogen) atoms. The average Bonchev–Trinajstić information content (AvgIpc) is 2.86. The summed E-state index contributed by atoms with van der Waals surface area (Å²) >= 11 is 0. The Balaban J connectivity index is 2.45. The topological polar surface area (TPSA) is 94.6 Å². The van der Waals surface area contributed by atoms with Crippen LogP contribution in [0.2, 0.25) is 0 Å². The Labute approximate surface area is 178 Å². The Morgan fingerprint density at radius 2 is 1.87 bits per heavy atom. The van der Waals surface area contributed by atoms with Crippen molar-refractivity contribution in [1.82, 2.24) is 20.2 Å². The molecule has 1 aliphatic heterocycles. The Hall–Kier alpha value is -2.68. The van der Waals surface area contributed by atoms with Crippen LogP contribution in [-0.4, -0.2) is 70.1 Å². The number of carbonyl (C=O) groups excluding carboxylic acids is 2. The van der Waals surface area contributed by atoms with Crippen molar-refractivity contribution < 1.29 is 24.3 Å². The molecule has 1 heterocycles. The largest absolute Gasteiger partial charge is 0.493 e. The first-order valence-electron chi connectivity index (χ1n) is 10.1. The molecule has 0 saturated carbocycles. The molecule has 168 valence electrons. The van der Waals surface area contributed by atoms with E-state index in [1.165, 1.54) is 4.90 Å². The number of methoxy groups -OCH3 is 2. The van der Waals surface area contributed by atoms with Crippen LogP contribution in [-0.2, 0) is 6.54 Å². The number of nitrogens with zero attached hydrogens (tertiary/aromatic N) is 3. The molecule has 1 atom stereocenters. The van der Waals surface area contributed by atoms with Crippen LogP contribution in [0.15, 0.2) is 18.2 Å². The molecule has 0 spiro atoms. The third-order valence-corrected chi connectivity index (χ3v) is 5.26. The molecule has 1 saturated heterocycles. The van der Waals surface area contributed by atoms with Gasteiger partial charge in [-0.25, -0.2) is 9.59 Å². The predicted molar refractivity (Wildman–Crippen MR) is 113 cm³/mol. The minimum Gasteiger partial charge on any atom is -0.493 e. The molecule has 0 aromatic heterocycles. The standard InChI is InChI=1S/C21H34N4O5/c1-13(2)22-19(26)25(28)18-21(5,6)23(20(27)24(18)14(3)4)12-15-10-9-11-16(29-7)17(15)30-8/h9-11,13-14,18,28H,12H2,1-8H3,(H,22,26)/t18-/m1/s1. The number of ether oxygens (including phenoxy) is 2. The van der Waals surface area contributed by atoms with E-state index in [4.69, 9.17) is 9.47 Å². The molecule has 1 fully saturated rings. The third kappa shape index (κ3) is 4.26. The number of hydroxylamine groups is 2. The Bertz CT molecular complexity index is 781. The minimum atomic E-state index is -0.890. The van der Waals surface area contributed by atoms with E-state index in [1.807, 2.05) is 39.8 Å². The van der Waals surface area contributed by atoms with Crippen LogP contribution in [0.1, 0.15) is 47.1 Å². The quantitative estimate of drug-likeness (QED) is 0.520. The van der Waals surface area contributed by atoms with Crippen molar-refractivity contribution in [2.75, 3.05) is 14.2 Å². The fraction of sp³-hybridized carbons (Fsp3) is 0.619. The second-order valence-electron chi connectivity index (χ2n) is 8.50. The molecule has 4 amide bonds. The van der Waals surface area contributed by atoms with Gasteiger partial charge in [0.05, 0.1) is 26.3 Å². The van der Waals surface area contributed by atoms with Gasteiger partial charge in [-0.05, 0) is 47.6 Å². The van der Waals surface area contributed by atoms with Gasteiger partial charge < -0.3 is 19.7 Å². The first-order valence-corrected chi connectivity index (χ1v) is 10.1. The van der Waals surface area contributed by atoms with Gasteiger partial charge in [-0.2, -0.15) is 5.06 Å². The second-order valence-corrected chi connectivity index (χ2v) is 8.50. The number of nitrogens with one attached hydrogen (secondary N) is 1. The van der Waals surface area contributed by atoms with Gasteiger partial charge in [0.25, 0.3) is 0 Å². The zero-order chi connectivity index (χ0) is 22.8. The van der Waals surface area contributed by atoms with Crippen molar-refractivity contribution in [2.24, 2.45) is 0 Å². The maximum absolute atomic E-state index is 13.4. The van der Waals surface area contributed by atoms with Gasteiger partial charge in [0.1, 0.15) is 0 Å². The normalized spacial score (nSPS) is 18.2. The summed E-state index contributed by atoms with van der Waals surface area (Å²) in [6, 6.07) is 4.16. The average molecular weight is 423 g/mol. The van der Waals surface area contributed by atoms with Gasteiger partial charge in [-0.15, -0.1) is 0 Å². The van der Waals surface area contributed by atoms with Gasteiger partial charge in [0.15, 0.2) is 17.7 Å². The van der Waals surface area contributed by atoms with Crippen LogP contribution in [0.3, 0.4) is 0 Å². The van der Waals surface area contributed by atoms with Crippen LogP contribution in [0.4, 0.5) is 9.59 Å². The fourth-order valence-electron chi connectivity index (χ4n) is 3.83. The number of carbonyl (C=O) groups is 2. The first-order chi connectivity index (χ1) is 14.0. The minimum absolute atomic E-state index is 0.156. The fourth-order valence-corrected chi connectivity index (χ4v) is 3.83. The lowest BCUT2D eigenvalue weighted by Crippen LogP contribution is -2.60. The van der Waals surface area contributed by atoms with Crippen LogP contribution in [0.5, 0.6) is 11.5 Å². The number of para-hydroxylation sites is 1. The molecular formula is C21H34N4O5. The van der Waals surface area contributed by atoms with Gasteiger partial charge in [0.2, 0.25) is 0 Å². The van der Waals surface area contributed by atoms with Crippen LogP contribution in [0.25, 0.3) is 0 Å². The number of benzene rings is 1. The Kier molecular flexibility index (Phi) is 7.07. The third-order valence-electron chi connectivity index (χ3n) is 5.26.